The van der Waals surface area contributed by atoms with Crippen molar-refractivity contribution < 1.29 is 14.3 Å². The second-order valence-electron chi connectivity index (χ2n) is 7.77. The van der Waals surface area contributed by atoms with Crippen LogP contribution in [0.3, 0.4) is 0 Å². The van der Waals surface area contributed by atoms with E-state index in [-0.39, 0.29) is 18.0 Å². The molecule has 1 aliphatic heterocycles. The molecule has 1 amide bonds. The molecule has 0 aliphatic carbocycles. The molecule has 1 heterocycles. The lowest BCUT2D eigenvalue weighted by atomic mass is 9.87. The Morgan fingerprint density at radius 1 is 1.21 bits per heavy atom. The van der Waals surface area contributed by atoms with Gasteiger partial charge in [0.25, 0.3) is 0 Å². The van der Waals surface area contributed by atoms with E-state index in [0.29, 0.717) is 6.42 Å². The summed E-state index contributed by atoms with van der Waals surface area (Å²) in [6, 6.07) is 12.8. The highest BCUT2D eigenvalue weighted by Crippen LogP contribution is 2.40. The average molecular weight is 397 g/mol. The topological polar surface area (TPSA) is 50.8 Å². The molecule has 0 aromatic heterocycles. The van der Waals surface area contributed by atoms with Crippen LogP contribution in [-0.4, -0.2) is 37.6 Å². The Bertz CT molecular complexity index is 865. The number of ether oxygens (including phenoxy) is 2. The van der Waals surface area contributed by atoms with Gasteiger partial charge in [0.15, 0.2) is 11.5 Å². The van der Waals surface area contributed by atoms with E-state index in [1.165, 1.54) is 22.3 Å². The summed E-state index contributed by atoms with van der Waals surface area (Å²) >= 11 is 0. The van der Waals surface area contributed by atoms with Crippen LogP contribution < -0.4 is 14.8 Å². The van der Waals surface area contributed by atoms with Crippen molar-refractivity contribution in [1.29, 1.82) is 0 Å². The van der Waals surface area contributed by atoms with Crippen molar-refractivity contribution in [2.75, 3.05) is 20.8 Å². The van der Waals surface area contributed by atoms with Gasteiger partial charge in [0.05, 0.1) is 20.3 Å². The first-order valence-corrected chi connectivity index (χ1v) is 10.3. The van der Waals surface area contributed by atoms with Crippen LogP contribution in [0.1, 0.15) is 48.6 Å². The number of amides is 1. The standard InChI is InChI=1S/C24H32N2O3/c1-6-23(27)25-17(3)24-20-14-22(29-5)21(28-4)13-19(20)10-11-26(24)15-18-9-7-8-16(2)12-18/h7-9,12-14,17,24H,6,10-11,15H2,1-5H3,(H,25,27)/t17-,24+/m1/s1. The number of methoxy groups -OCH3 is 2. The minimum atomic E-state index is -0.0237. The molecule has 0 saturated carbocycles. The fraction of sp³-hybridized carbons (Fsp3) is 0.458. The van der Waals surface area contributed by atoms with Crippen molar-refractivity contribution in [3.63, 3.8) is 0 Å². The van der Waals surface area contributed by atoms with Crippen molar-refractivity contribution >= 4 is 5.91 Å². The molecule has 156 valence electrons. The van der Waals surface area contributed by atoms with E-state index < -0.39 is 0 Å². The van der Waals surface area contributed by atoms with Crippen molar-refractivity contribution in [1.82, 2.24) is 10.2 Å². The fourth-order valence-electron chi connectivity index (χ4n) is 4.27. The minimum absolute atomic E-state index is 0.0237. The highest BCUT2D eigenvalue weighted by Gasteiger charge is 2.33. The number of nitrogens with zero attached hydrogens (tertiary/aromatic N) is 1. The third kappa shape index (κ3) is 4.73. The zero-order valence-electron chi connectivity index (χ0n) is 18.1. The molecule has 0 spiro atoms. The first-order valence-electron chi connectivity index (χ1n) is 10.3. The number of carbonyl (C=O) groups is 1. The van der Waals surface area contributed by atoms with Gasteiger partial charge in [-0.3, -0.25) is 9.69 Å². The maximum absolute atomic E-state index is 12.1. The molecule has 0 unspecified atom stereocenters. The lowest BCUT2D eigenvalue weighted by Gasteiger charge is -2.41. The molecule has 0 radical (unpaired) electrons. The van der Waals surface area contributed by atoms with E-state index in [4.69, 9.17) is 9.47 Å². The lowest BCUT2D eigenvalue weighted by Crippen LogP contribution is -2.47. The summed E-state index contributed by atoms with van der Waals surface area (Å²) in [4.78, 5) is 14.6. The Balaban J connectivity index is 1.99. The summed E-state index contributed by atoms with van der Waals surface area (Å²) in [5, 5.41) is 3.18. The zero-order valence-corrected chi connectivity index (χ0v) is 18.1. The summed E-state index contributed by atoms with van der Waals surface area (Å²) < 4.78 is 11.1. The van der Waals surface area contributed by atoms with E-state index in [0.717, 1.165) is 31.0 Å². The molecule has 0 bridgehead atoms. The Kier molecular flexibility index (Phi) is 6.80. The van der Waals surface area contributed by atoms with Crippen LogP contribution in [0.2, 0.25) is 0 Å². The SMILES string of the molecule is CCC(=O)N[C@H](C)[C@H]1c2cc(OC)c(OC)cc2CCN1Cc1cccc(C)c1. The van der Waals surface area contributed by atoms with Gasteiger partial charge in [0.2, 0.25) is 5.91 Å². The number of benzene rings is 2. The van der Waals surface area contributed by atoms with E-state index >= 15 is 0 Å². The number of rotatable bonds is 7. The van der Waals surface area contributed by atoms with Gasteiger partial charge in [-0.2, -0.15) is 0 Å². The molecule has 2 aromatic carbocycles. The Morgan fingerprint density at radius 2 is 1.93 bits per heavy atom. The van der Waals surface area contributed by atoms with Crippen LogP contribution in [0.5, 0.6) is 11.5 Å². The third-order valence-corrected chi connectivity index (χ3v) is 5.68. The Hall–Kier alpha value is -2.53. The second-order valence-corrected chi connectivity index (χ2v) is 7.77. The molecule has 0 fully saturated rings. The predicted octanol–water partition coefficient (Wildman–Crippen LogP) is 4.03. The van der Waals surface area contributed by atoms with Crippen molar-refractivity contribution in [3.8, 4) is 11.5 Å². The molecule has 1 N–H and O–H groups in total. The van der Waals surface area contributed by atoms with Gasteiger partial charge in [-0.1, -0.05) is 36.8 Å². The molecule has 29 heavy (non-hydrogen) atoms. The molecule has 5 nitrogen and oxygen atoms in total. The fourth-order valence-corrected chi connectivity index (χ4v) is 4.27. The lowest BCUT2D eigenvalue weighted by molar-refractivity contribution is -0.121. The van der Waals surface area contributed by atoms with E-state index in [9.17, 15) is 4.79 Å². The highest BCUT2D eigenvalue weighted by molar-refractivity contribution is 5.76. The van der Waals surface area contributed by atoms with Gasteiger partial charge in [0.1, 0.15) is 0 Å². The minimum Gasteiger partial charge on any atom is -0.493 e. The Morgan fingerprint density at radius 3 is 2.59 bits per heavy atom. The molecule has 1 aliphatic rings. The zero-order chi connectivity index (χ0) is 21.0. The number of nitrogens with one attached hydrogen (secondary N) is 1. The van der Waals surface area contributed by atoms with E-state index in [1.54, 1.807) is 14.2 Å². The molecule has 5 heteroatoms. The van der Waals surface area contributed by atoms with Crippen molar-refractivity contribution in [2.45, 2.75) is 52.2 Å². The first-order chi connectivity index (χ1) is 14.0. The predicted molar refractivity (Wildman–Crippen MR) is 115 cm³/mol. The van der Waals surface area contributed by atoms with Crippen LogP contribution in [0.25, 0.3) is 0 Å². The summed E-state index contributed by atoms with van der Waals surface area (Å²) in [6.45, 7) is 7.86. The van der Waals surface area contributed by atoms with Crippen LogP contribution in [0.15, 0.2) is 36.4 Å². The van der Waals surface area contributed by atoms with Crippen molar-refractivity contribution in [2.24, 2.45) is 0 Å². The number of carbonyl (C=O) groups excluding carboxylic acids is 1. The maximum Gasteiger partial charge on any atom is 0.219 e. The largest absolute Gasteiger partial charge is 0.493 e. The molecule has 2 aromatic rings. The number of hydrogen-bond acceptors (Lipinski definition) is 4. The van der Waals surface area contributed by atoms with E-state index in [1.807, 2.05) is 6.92 Å². The number of aryl methyl sites for hydroxylation is 1. The summed E-state index contributed by atoms with van der Waals surface area (Å²) in [6.07, 6.45) is 1.42. The maximum atomic E-state index is 12.1. The molecular weight excluding hydrogens is 364 g/mol. The average Bonchev–Trinajstić information content (AvgIpc) is 2.72. The molecule has 3 rings (SSSR count). The van der Waals surface area contributed by atoms with Gasteiger partial charge >= 0.3 is 0 Å². The third-order valence-electron chi connectivity index (χ3n) is 5.68. The quantitative estimate of drug-likeness (QED) is 0.768. The van der Waals surface area contributed by atoms with Crippen LogP contribution >= 0.6 is 0 Å². The Labute approximate surface area is 174 Å². The first kappa shape index (κ1) is 21.2. The number of hydrogen-bond donors (Lipinski definition) is 1. The van der Waals surface area contributed by atoms with Gasteiger partial charge in [-0.25, -0.2) is 0 Å². The normalized spacial score (nSPS) is 17.3. The molecular formula is C24H32N2O3. The van der Waals surface area contributed by atoms with Gasteiger partial charge < -0.3 is 14.8 Å². The molecule has 2 atom stereocenters. The van der Waals surface area contributed by atoms with E-state index in [2.05, 4.69) is 60.5 Å². The monoisotopic (exact) mass is 396 g/mol. The van der Waals surface area contributed by atoms with Crippen LogP contribution in [0, 0.1) is 6.92 Å². The second kappa shape index (κ2) is 9.31. The van der Waals surface area contributed by atoms with Gasteiger partial charge in [0, 0.05) is 25.6 Å². The summed E-state index contributed by atoms with van der Waals surface area (Å²) in [5.41, 5.74) is 5.00. The summed E-state index contributed by atoms with van der Waals surface area (Å²) in [7, 11) is 3.33. The highest BCUT2D eigenvalue weighted by atomic mass is 16.5. The van der Waals surface area contributed by atoms with Crippen LogP contribution in [0.4, 0.5) is 0 Å². The summed E-state index contributed by atoms with van der Waals surface area (Å²) in [5.74, 6) is 1.55. The van der Waals surface area contributed by atoms with Crippen molar-refractivity contribution in [3.05, 3.63) is 58.7 Å². The molecule has 0 saturated heterocycles. The van der Waals surface area contributed by atoms with Gasteiger partial charge in [-0.05, 0) is 49.1 Å². The van der Waals surface area contributed by atoms with Gasteiger partial charge in [-0.15, -0.1) is 0 Å². The van der Waals surface area contributed by atoms with Crippen LogP contribution in [-0.2, 0) is 17.8 Å². The number of fused-ring (bicyclic) bond motifs is 1. The smallest absolute Gasteiger partial charge is 0.219 e.